The number of hydrogen-bond donors (Lipinski definition) is 1. The second-order valence-corrected chi connectivity index (χ2v) is 8.03. The molecule has 0 saturated carbocycles. The van der Waals surface area contributed by atoms with E-state index in [9.17, 15) is 14.9 Å². The van der Waals surface area contributed by atoms with Crippen LogP contribution in [0.1, 0.15) is 41.3 Å². The van der Waals surface area contributed by atoms with Crippen molar-refractivity contribution in [2.45, 2.75) is 26.7 Å². The number of aryl methyl sites for hydroxylation is 1. The number of carbonyl (C=O) groups is 1. The molecule has 0 aliphatic carbocycles. The number of ether oxygens (including phenoxy) is 1. The number of nitrogens with zero attached hydrogens (tertiary/aromatic N) is 2. The van der Waals surface area contributed by atoms with E-state index in [1.54, 1.807) is 25.1 Å². The van der Waals surface area contributed by atoms with Crippen molar-refractivity contribution < 1.29 is 18.9 Å². The molecule has 0 saturated heterocycles. The Hall–Kier alpha value is -4.20. The Bertz CT molecular complexity index is 1370. The molecule has 1 aromatic heterocycles. The van der Waals surface area contributed by atoms with Crippen LogP contribution in [0.15, 0.2) is 59.0 Å². The number of anilines is 1. The normalized spacial score (nSPS) is 11.1. The molecule has 0 fully saturated rings. The van der Waals surface area contributed by atoms with E-state index in [1.165, 1.54) is 30.9 Å². The molecule has 168 valence electrons. The van der Waals surface area contributed by atoms with Crippen molar-refractivity contribution in [1.82, 2.24) is 4.98 Å². The standard InChI is InChI=1S/C25H23N3O5/c1-14(2)16-6-10-23-20(12-16)27-25(33-23)18-7-9-22(32-4)19(13-18)26-24(29)17-5-8-21(28(30)31)15(3)11-17/h5-14H,1-4H3,(H,26,29). The number of nitro groups is 1. The second kappa shape index (κ2) is 8.74. The van der Waals surface area contributed by atoms with Gasteiger partial charge in [-0.15, -0.1) is 0 Å². The van der Waals surface area contributed by atoms with Crippen molar-refractivity contribution in [2.24, 2.45) is 0 Å². The Morgan fingerprint density at radius 2 is 1.91 bits per heavy atom. The summed E-state index contributed by atoms with van der Waals surface area (Å²) in [5.41, 5.74) is 4.38. The lowest BCUT2D eigenvalue weighted by molar-refractivity contribution is -0.385. The van der Waals surface area contributed by atoms with Gasteiger partial charge in [0.15, 0.2) is 5.58 Å². The highest BCUT2D eigenvalue weighted by Gasteiger charge is 2.17. The molecule has 0 atom stereocenters. The SMILES string of the molecule is COc1ccc(-c2nc3cc(C(C)C)ccc3o2)cc1NC(=O)c1ccc([N+](=O)[O-])c(C)c1. The van der Waals surface area contributed by atoms with Crippen LogP contribution in [0.4, 0.5) is 11.4 Å². The van der Waals surface area contributed by atoms with Gasteiger partial charge in [0.25, 0.3) is 11.6 Å². The average Bonchev–Trinajstić information content (AvgIpc) is 3.22. The van der Waals surface area contributed by atoms with E-state index in [4.69, 9.17) is 9.15 Å². The Balaban J connectivity index is 1.66. The summed E-state index contributed by atoms with van der Waals surface area (Å²) in [6.07, 6.45) is 0. The van der Waals surface area contributed by atoms with Crippen molar-refractivity contribution in [1.29, 1.82) is 0 Å². The highest BCUT2D eigenvalue weighted by atomic mass is 16.6. The van der Waals surface area contributed by atoms with E-state index in [0.29, 0.717) is 45.5 Å². The molecule has 1 N–H and O–H groups in total. The number of amides is 1. The van der Waals surface area contributed by atoms with E-state index < -0.39 is 10.8 Å². The maximum absolute atomic E-state index is 12.8. The topological polar surface area (TPSA) is 108 Å². The van der Waals surface area contributed by atoms with Gasteiger partial charge in [0.2, 0.25) is 5.89 Å². The van der Waals surface area contributed by atoms with Crippen LogP contribution in [0, 0.1) is 17.0 Å². The van der Waals surface area contributed by atoms with Crippen LogP contribution in [0.25, 0.3) is 22.6 Å². The number of nitro benzene ring substituents is 1. The van der Waals surface area contributed by atoms with E-state index >= 15 is 0 Å². The Morgan fingerprint density at radius 1 is 1.12 bits per heavy atom. The van der Waals surface area contributed by atoms with Crippen LogP contribution in [0.2, 0.25) is 0 Å². The number of hydrogen-bond acceptors (Lipinski definition) is 6. The molecule has 3 aromatic carbocycles. The van der Waals surface area contributed by atoms with Crippen LogP contribution >= 0.6 is 0 Å². The molecule has 0 aliphatic heterocycles. The maximum Gasteiger partial charge on any atom is 0.272 e. The largest absolute Gasteiger partial charge is 0.495 e. The van der Waals surface area contributed by atoms with Crippen molar-refractivity contribution in [2.75, 3.05) is 12.4 Å². The summed E-state index contributed by atoms with van der Waals surface area (Å²) in [5.74, 6) is 0.849. The molecule has 0 aliphatic rings. The summed E-state index contributed by atoms with van der Waals surface area (Å²) in [6.45, 7) is 5.83. The Kier molecular flexibility index (Phi) is 5.83. The fourth-order valence-electron chi connectivity index (χ4n) is 3.56. The number of aromatic nitrogens is 1. The van der Waals surface area contributed by atoms with Crippen LogP contribution in [0.3, 0.4) is 0 Å². The number of fused-ring (bicyclic) bond motifs is 1. The third kappa shape index (κ3) is 4.41. The number of nitrogens with one attached hydrogen (secondary N) is 1. The number of methoxy groups -OCH3 is 1. The first-order valence-corrected chi connectivity index (χ1v) is 10.4. The van der Waals surface area contributed by atoms with E-state index in [0.717, 1.165) is 5.52 Å². The zero-order chi connectivity index (χ0) is 23.7. The number of oxazole rings is 1. The minimum Gasteiger partial charge on any atom is -0.495 e. The highest BCUT2D eigenvalue weighted by Crippen LogP contribution is 2.33. The van der Waals surface area contributed by atoms with Gasteiger partial charge in [-0.1, -0.05) is 19.9 Å². The van der Waals surface area contributed by atoms with Gasteiger partial charge in [-0.3, -0.25) is 14.9 Å². The van der Waals surface area contributed by atoms with Gasteiger partial charge in [-0.2, -0.15) is 0 Å². The minimum absolute atomic E-state index is 0.0392. The lowest BCUT2D eigenvalue weighted by atomic mass is 10.0. The van der Waals surface area contributed by atoms with Crippen molar-refractivity contribution in [3.63, 3.8) is 0 Å². The summed E-state index contributed by atoms with van der Waals surface area (Å²) in [7, 11) is 1.51. The Labute approximate surface area is 190 Å². The van der Waals surface area contributed by atoms with Crippen molar-refractivity contribution in [3.05, 3.63) is 81.4 Å². The van der Waals surface area contributed by atoms with Gasteiger partial charge in [0.1, 0.15) is 11.3 Å². The van der Waals surface area contributed by atoms with Gasteiger partial charge in [0.05, 0.1) is 17.7 Å². The van der Waals surface area contributed by atoms with Crippen LogP contribution in [-0.2, 0) is 0 Å². The summed E-state index contributed by atoms with van der Waals surface area (Å²) < 4.78 is 11.3. The van der Waals surface area contributed by atoms with Gasteiger partial charge in [-0.25, -0.2) is 4.98 Å². The van der Waals surface area contributed by atoms with E-state index in [2.05, 4.69) is 24.1 Å². The average molecular weight is 445 g/mol. The lowest BCUT2D eigenvalue weighted by Crippen LogP contribution is -2.13. The quantitative estimate of drug-likeness (QED) is 0.284. The fraction of sp³-hybridized carbons (Fsp3) is 0.200. The maximum atomic E-state index is 12.8. The third-order valence-corrected chi connectivity index (χ3v) is 5.43. The summed E-state index contributed by atoms with van der Waals surface area (Å²) in [4.78, 5) is 28.0. The molecular formula is C25H23N3O5. The molecule has 4 rings (SSSR count). The fourth-order valence-corrected chi connectivity index (χ4v) is 3.56. The van der Waals surface area contributed by atoms with Gasteiger partial charge in [0, 0.05) is 22.8 Å². The van der Waals surface area contributed by atoms with E-state index in [-0.39, 0.29) is 5.69 Å². The summed E-state index contributed by atoms with van der Waals surface area (Å²) in [5, 5.41) is 13.9. The zero-order valence-corrected chi connectivity index (χ0v) is 18.7. The first-order valence-electron chi connectivity index (χ1n) is 10.4. The number of benzene rings is 3. The highest BCUT2D eigenvalue weighted by molar-refractivity contribution is 6.05. The van der Waals surface area contributed by atoms with Gasteiger partial charge >= 0.3 is 0 Å². The van der Waals surface area contributed by atoms with Crippen molar-refractivity contribution in [3.8, 4) is 17.2 Å². The van der Waals surface area contributed by atoms with Crippen molar-refractivity contribution >= 4 is 28.4 Å². The third-order valence-electron chi connectivity index (χ3n) is 5.43. The van der Waals surface area contributed by atoms with Crippen LogP contribution in [-0.4, -0.2) is 22.9 Å². The predicted octanol–water partition coefficient (Wildman–Crippen LogP) is 6.10. The molecule has 33 heavy (non-hydrogen) atoms. The number of rotatable bonds is 6. The molecule has 0 radical (unpaired) electrons. The molecule has 4 aromatic rings. The summed E-state index contributed by atoms with van der Waals surface area (Å²) in [6, 6.07) is 15.4. The van der Waals surface area contributed by atoms with E-state index in [1.807, 2.05) is 18.2 Å². The molecule has 8 nitrogen and oxygen atoms in total. The number of carbonyl (C=O) groups excluding carboxylic acids is 1. The monoisotopic (exact) mass is 445 g/mol. The molecule has 8 heteroatoms. The van der Waals surface area contributed by atoms with Gasteiger partial charge in [-0.05, 0) is 60.9 Å². The second-order valence-electron chi connectivity index (χ2n) is 8.03. The smallest absolute Gasteiger partial charge is 0.272 e. The zero-order valence-electron chi connectivity index (χ0n) is 18.7. The predicted molar refractivity (Wildman–Crippen MR) is 126 cm³/mol. The van der Waals surface area contributed by atoms with Crippen LogP contribution in [0.5, 0.6) is 5.75 Å². The lowest BCUT2D eigenvalue weighted by Gasteiger charge is -2.11. The molecular weight excluding hydrogens is 422 g/mol. The molecule has 1 heterocycles. The first kappa shape index (κ1) is 22.0. The molecule has 0 spiro atoms. The summed E-state index contributed by atoms with van der Waals surface area (Å²) >= 11 is 0. The minimum atomic E-state index is -0.478. The van der Waals surface area contributed by atoms with Crippen LogP contribution < -0.4 is 10.1 Å². The molecule has 0 bridgehead atoms. The van der Waals surface area contributed by atoms with Gasteiger partial charge < -0.3 is 14.5 Å². The Morgan fingerprint density at radius 3 is 2.58 bits per heavy atom. The molecule has 0 unspecified atom stereocenters. The first-order chi connectivity index (χ1) is 15.8. The molecule has 1 amide bonds.